The first-order chi connectivity index (χ1) is 13.2. The minimum Gasteiger partial charge on any atom is -0.387 e. The number of hydrogen-bond donors (Lipinski definition) is 1. The summed E-state index contributed by atoms with van der Waals surface area (Å²) in [6.45, 7) is 7.17. The van der Waals surface area contributed by atoms with E-state index in [-0.39, 0.29) is 0 Å². The minimum absolute atomic E-state index is 0.536. The van der Waals surface area contributed by atoms with Crippen LogP contribution in [-0.2, 0) is 0 Å². The summed E-state index contributed by atoms with van der Waals surface area (Å²) in [5.74, 6) is 0. The predicted molar refractivity (Wildman–Crippen MR) is 118 cm³/mol. The Morgan fingerprint density at radius 3 is 1.70 bits per heavy atom. The fraction of sp³-hybridized carbons (Fsp3) is 0.417. The van der Waals surface area contributed by atoms with E-state index in [4.69, 9.17) is 11.6 Å². The van der Waals surface area contributed by atoms with Crippen molar-refractivity contribution in [3.05, 3.63) is 59.1 Å². The van der Waals surface area contributed by atoms with Crippen LogP contribution < -0.4 is 0 Å². The number of benzene rings is 3. The molecule has 0 heterocycles. The van der Waals surface area contributed by atoms with Crippen LogP contribution in [0.3, 0.4) is 0 Å². The molecule has 0 spiro atoms. The highest BCUT2D eigenvalue weighted by molar-refractivity contribution is 6.41. The Morgan fingerprint density at radius 1 is 0.815 bits per heavy atom. The molecule has 27 heavy (non-hydrogen) atoms. The molecule has 2 nitrogen and oxygen atoms in total. The second-order valence-corrected chi connectivity index (χ2v) is 7.72. The number of nitrogens with zero attached hydrogens (tertiary/aromatic N) is 1. The molecule has 1 unspecified atom stereocenters. The molecule has 144 valence electrons. The predicted octanol–water partition coefficient (Wildman–Crippen LogP) is 6.58. The average Bonchev–Trinajstić information content (AvgIpc) is 2.70. The van der Waals surface area contributed by atoms with E-state index in [0.717, 1.165) is 45.2 Å². The van der Waals surface area contributed by atoms with Gasteiger partial charge in [0, 0.05) is 17.3 Å². The summed E-state index contributed by atoms with van der Waals surface area (Å²) in [7, 11) is 0. The van der Waals surface area contributed by atoms with Gasteiger partial charge in [-0.1, -0.05) is 86.8 Å². The Bertz CT molecular complexity index is 827. The number of rotatable bonds is 9. The summed E-state index contributed by atoms with van der Waals surface area (Å²) >= 11 is 6.70. The first kappa shape index (κ1) is 20.1. The molecule has 3 rings (SSSR count). The van der Waals surface area contributed by atoms with Gasteiger partial charge in [0.1, 0.15) is 0 Å². The Kier molecular flexibility index (Phi) is 7.12. The van der Waals surface area contributed by atoms with E-state index < -0.39 is 6.10 Å². The summed E-state index contributed by atoms with van der Waals surface area (Å²) in [5.41, 5.74) is 1.00. The smallest absolute Gasteiger partial charge is 0.0928 e. The third kappa shape index (κ3) is 4.45. The largest absolute Gasteiger partial charge is 0.387 e. The van der Waals surface area contributed by atoms with Crippen LogP contribution in [-0.4, -0.2) is 29.6 Å². The van der Waals surface area contributed by atoms with E-state index in [9.17, 15) is 5.11 Å². The normalized spacial score (nSPS) is 12.9. The summed E-state index contributed by atoms with van der Waals surface area (Å²) in [6.07, 6.45) is 4.14. The Labute approximate surface area is 167 Å². The van der Waals surface area contributed by atoms with Gasteiger partial charge in [-0.05, 0) is 42.3 Å². The average molecular weight is 384 g/mol. The first-order valence-electron chi connectivity index (χ1n) is 10.2. The van der Waals surface area contributed by atoms with Crippen LogP contribution >= 0.6 is 11.6 Å². The molecule has 0 aromatic heterocycles. The Hall–Kier alpha value is -1.61. The van der Waals surface area contributed by atoms with Crippen molar-refractivity contribution in [3.63, 3.8) is 0 Å². The first-order valence-corrected chi connectivity index (χ1v) is 10.5. The van der Waals surface area contributed by atoms with Gasteiger partial charge in [-0.25, -0.2) is 0 Å². The molecule has 0 radical (unpaired) electrons. The molecule has 0 saturated heterocycles. The van der Waals surface area contributed by atoms with E-state index in [1.165, 1.54) is 25.7 Å². The lowest BCUT2D eigenvalue weighted by Gasteiger charge is -2.26. The summed E-state index contributed by atoms with van der Waals surface area (Å²) in [4.78, 5) is 2.41. The van der Waals surface area contributed by atoms with Gasteiger partial charge in [0.15, 0.2) is 0 Å². The van der Waals surface area contributed by atoms with Crippen molar-refractivity contribution in [2.75, 3.05) is 19.6 Å². The quantitative estimate of drug-likeness (QED) is 0.421. The molecule has 0 aliphatic heterocycles. The molecule has 0 aliphatic rings. The van der Waals surface area contributed by atoms with Crippen LogP contribution in [0.15, 0.2) is 48.5 Å². The third-order valence-corrected chi connectivity index (χ3v) is 5.73. The SMILES string of the molecule is CCCCN(CCCC)CC(O)c1c2ccccc2c(Cl)c2ccccc12. The molecule has 1 atom stereocenters. The highest BCUT2D eigenvalue weighted by atomic mass is 35.5. The summed E-state index contributed by atoms with van der Waals surface area (Å²) < 4.78 is 0. The van der Waals surface area contributed by atoms with E-state index in [1.807, 2.05) is 36.4 Å². The fourth-order valence-corrected chi connectivity index (χ4v) is 4.19. The van der Waals surface area contributed by atoms with Crippen molar-refractivity contribution in [3.8, 4) is 0 Å². The molecule has 0 amide bonds. The lowest BCUT2D eigenvalue weighted by Crippen LogP contribution is -2.31. The van der Waals surface area contributed by atoms with Crippen LogP contribution in [0.2, 0.25) is 5.02 Å². The molecule has 3 aromatic carbocycles. The molecule has 3 aromatic rings. The summed E-state index contributed by atoms with van der Waals surface area (Å²) in [5, 5.41) is 16.2. The van der Waals surface area contributed by atoms with E-state index in [0.29, 0.717) is 6.54 Å². The molecule has 3 heteroatoms. The van der Waals surface area contributed by atoms with Crippen molar-refractivity contribution in [1.82, 2.24) is 4.90 Å². The van der Waals surface area contributed by atoms with Gasteiger partial charge < -0.3 is 10.0 Å². The molecule has 1 N–H and O–H groups in total. The number of hydrogen-bond acceptors (Lipinski definition) is 2. The van der Waals surface area contributed by atoms with Gasteiger partial charge in [-0.3, -0.25) is 0 Å². The van der Waals surface area contributed by atoms with E-state index in [2.05, 4.69) is 30.9 Å². The molecule has 0 aliphatic carbocycles. The van der Waals surface area contributed by atoms with Crippen LogP contribution in [0, 0.1) is 0 Å². The number of aliphatic hydroxyl groups excluding tert-OH is 1. The van der Waals surface area contributed by atoms with E-state index in [1.54, 1.807) is 0 Å². The van der Waals surface area contributed by atoms with Crippen LogP contribution in [0.1, 0.15) is 51.2 Å². The minimum atomic E-state index is -0.536. The molecule has 0 saturated carbocycles. The number of halogens is 1. The zero-order valence-corrected chi connectivity index (χ0v) is 17.2. The monoisotopic (exact) mass is 383 g/mol. The topological polar surface area (TPSA) is 23.5 Å². The van der Waals surface area contributed by atoms with Crippen LogP contribution in [0.25, 0.3) is 21.5 Å². The van der Waals surface area contributed by atoms with Crippen LogP contribution in [0.4, 0.5) is 0 Å². The number of aliphatic hydroxyl groups is 1. The van der Waals surface area contributed by atoms with Gasteiger partial charge in [-0.2, -0.15) is 0 Å². The lowest BCUT2D eigenvalue weighted by atomic mass is 9.93. The van der Waals surface area contributed by atoms with Crippen molar-refractivity contribution >= 4 is 33.1 Å². The maximum Gasteiger partial charge on any atom is 0.0928 e. The molecule has 0 bridgehead atoms. The zero-order chi connectivity index (χ0) is 19.2. The zero-order valence-electron chi connectivity index (χ0n) is 16.4. The lowest BCUT2D eigenvalue weighted by molar-refractivity contribution is 0.113. The second-order valence-electron chi connectivity index (χ2n) is 7.34. The molecule has 0 fully saturated rings. The number of unbranched alkanes of at least 4 members (excludes halogenated alkanes) is 2. The van der Waals surface area contributed by atoms with Gasteiger partial charge in [0.2, 0.25) is 0 Å². The standard InChI is InChI=1S/C24H30ClNO/c1-3-5-15-26(16-6-4-2)17-22(27)23-18-11-7-9-13-20(18)24(25)21-14-10-8-12-19(21)23/h7-14,22,27H,3-6,15-17H2,1-2H3. The maximum absolute atomic E-state index is 11.3. The van der Waals surface area contributed by atoms with Crippen molar-refractivity contribution in [2.24, 2.45) is 0 Å². The fourth-order valence-electron chi connectivity index (χ4n) is 3.86. The van der Waals surface area contributed by atoms with Crippen molar-refractivity contribution in [1.29, 1.82) is 0 Å². The van der Waals surface area contributed by atoms with Crippen molar-refractivity contribution < 1.29 is 5.11 Å². The Balaban J connectivity index is 2.04. The van der Waals surface area contributed by atoms with Gasteiger partial charge in [0.25, 0.3) is 0 Å². The van der Waals surface area contributed by atoms with E-state index >= 15 is 0 Å². The second kappa shape index (κ2) is 9.54. The van der Waals surface area contributed by atoms with Gasteiger partial charge in [0.05, 0.1) is 11.1 Å². The molecular weight excluding hydrogens is 354 g/mol. The molecular formula is C24H30ClNO. The van der Waals surface area contributed by atoms with Gasteiger partial charge >= 0.3 is 0 Å². The highest BCUT2D eigenvalue weighted by Crippen LogP contribution is 2.39. The highest BCUT2D eigenvalue weighted by Gasteiger charge is 2.20. The van der Waals surface area contributed by atoms with Crippen LogP contribution in [0.5, 0.6) is 0 Å². The van der Waals surface area contributed by atoms with Gasteiger partial charge in [-0.15, -0.1) is 0 Å². The summed E-state index contributed by atoms with van der Waals surface area (Å²) in [6, 6.07) is 16.3. The third-order valence-electron chi connectivity index (χ3n) is 5.33. The maximum atomic E-state index is 11.3. The Morgan fingerprint density at radius 2 is 1.26 bits per heavy atom. The van der Waals surface area contributed by atoms with Crippen molar-refractivity contribution in [2.45, 2.75) is 45.6 Å². The number of fused-ring (bicyclic) bond motifs is 2.